The van der Waals surface area contributed by atoms with Gasteiger partial charge in [-0.25, -0.2) is 0 Å². The van der Waals surface area contributed by atoms with Crippen molar-refractivity contribution < 1.29 is 5.11 Å². The lowest BCUT2D eigenvalue weighted by Crippen LogP contribution is -2.43. The Labute approximate surface area is 101 Å². The van der Waals surface area contributed by atoms with Crippen LogP contribution in [0.1, 0.15) is 39.2 Å². The van der Waals surface area contributed by atoms with Crippen molar-refractivity contribution in [2.45, 2.75) is 45.4 Å². The van der Waals surface area contributed by atoms with E-state index in [9.17, 15) is 5.11 Å². The number of nitrogens with zero attached hydrogens (tertiary/aromatic N) is 1. The van der Waals surface area contributed by atoms with Gasteiger partial charge in [0.05, 0.1) is 0 Å². The molecule has 1 N–H and O–H groups in total. The third-order valence-corrected chi connectivity index (χ3v) is 4.22. The molecule has 0 radical (unpaired) electrons. The van der Waals surface area contributed by atoms with Crippen LogP contribution in [0.4, 0.5) is 0 Å². The molecular formula is C13H22NOP. The van der Waals surface area contributed by atoms with E-state index in [4.69, 9.17) is 0 Å². The molecule has 16 heavy (non-hydrogen) atoms. The van der Waals surface area contributed by atoms with Crippen LogP contribution in [0.15, 0.2) is 30.3 Å². The summed E-state index contributed by atoms with van der Waals surface area (Å²) in [7, 11) is 2.62. The Bertz CT molecular complexity index is 320. The average Bonchev–Trinajstić information content (AvgIpc) is 2.26. The van der Waals surface area contributed by atoms with E-state index in [-0.39, 0.29) is 6.04 Å². The first kappa shape index (κ1) is 13.6. The number of hydrogen-bond donors (Lipinski definition) is 1. The van der Waals surface area contributed by atoms with E-state index < -0.39 is 5.72 Å². The summed E-state index contributed by atoms with van der Waals surface area (Å²) in [5, 5.41) is 9.96. The molecule has 0 aromatic heterocycles. The fourth-order valence-corrected chi connectivity index (χ4v) is 2.03. The minimum atomic E-state index is -0.812. The van der Waals surface area contributed by atoms with Gasteiger partial charge < -0.3 is 5.11 Å². The Morgan fingerprint density at radius 1 is 1.19 bits per heavy atom. The van der Waals surface area contributed by atoms with Crippen LogP contribution in [0.25, 0.3) is 0 Å². The number of rotatable bonds is 4. The van der Waals surface area contributed by atoms with E-state index in [1.165, 1.54) is 5.56 Å². The highest BCUT2D eigenvalue weighted by atomic mass is 31.0. The summed E-state index contributed by atoms with van der Waals surface area (Å²) >= 11 is 0. The second kappa shape index (κ2) is 5.27. The predicted octanol–water partition coefficient (Wildman–Crippen LogP) is 3.00. The topological polar surface area (TPSA) is 23.5 Å². The van der Waals surface area contributed by atoms with Gasteiger partial charge in [0.25, 0.3) is 0 Å². The molecule has 1 aromatic carbocycles. The van der Waals surface area contributed by atoms with Crippen LogP contribution < -0.4 is 0 Å². The van der Waals surface area contributed by atoms with Gasteiger partial charge in [-0.05, 0) is 32.3 Å². The average molecular weight is 239 g/mol. The molecule has 0 spiro atoms. The van der Waals surface area contributed by atoms with Crippen LogP contribution in [-0.2, 0) is 0 Å². The standard InChI is InChI=1S/C13H22NOP/c1-10(12-8-6-5-7-9-12)11(2)14(16)13(3,4)15/h5-11,15H,16H2,1-4H3/t10-,11+/m0/s1. The second-order valence-corrected chi connectivity index (χ2v) is 5.40. The summed E-state index contributed by atoms with van der Waals surface area (Å²) in [4.78, 5) is 0. The Balaban J connectivity index is 2.79. The van der Waals surface area contributed by atoms with Gasteiger partial charge in [-0.15, -0.1) is 0 Å². The summed E-state index contributed by atoms with van der Waals surface area (Å²) in [5.41, 5.74) is 0.485. The molecule has 0 fully saturated rings. The Morgan fingerprint density at radius 3 is 2.12 bits per heavy atom. The summed E-state index contributed by atoms with van der Waals surface area (Å²) in [6.07, 6.45) is 0. The van der Waals surface area contributed by atoms with E-state index in [1.807, 2.05) is 10.7 Å². The van der Waals surface area contributed by atoms with Crippen molar-refractivity contribution in [3.63, 3.8) is 0 Å². The van der Waals surface area contributed by atoms with Crippen molar-refractivity contribution >= 4 is 9.39 Å². The van der Waals surface area contributed by atoms with Crippen molar-refractivity contribution in [2.75, 3.05) is 0 Å². The summed E-state index contributed by atoms with van der Waals surface area (Å²) in [5.74, 6) is 0.380. The van der Waals surface area contributed by atoms with Gasteiger partial charge in [0.1, 0.15) is 5.72 Å². The molecule has 0 amide bonds. The van der Waals surface area contributed by atoms with E-state index >= 15 is 0 Å². The molecule has 0 aliphatic carbocycles. The maximum absolute atomic E-state index is 9.96. The summed E-state index contributed by atoms with van der Waals surface area (Å²) in [6, 6.07) is 10.6. The van der Waals surface area contributed by atoms with Gasteiger partial charge in [-0.1, -0.05) is 46.6 Å². The van der Waals surface area contributed by atoms with Gasteiger partial charge in [0.15, 0.2) is 0 Å². The molecule has 0 saturated carbocycles. The first-order chi connectivity index (χ1) is 7.34. The molecule has 0 aliphatic rings. The molecule has 0 heterocycles. The molecule has 1 rings (SSSR count). The smallest absolute Gasteiger partial charge is 0.115 e. The fraction of sp³-hybridized carbons (Fsp3) is 0.538. The third kappa shape index (κ3) is 3.28. The molecule has 0 bridgehead atoms. The zero-order chi connectivity index (χ0) is 12.3. The number of aliphatic hydroxyl groups is 1. The van der Waals surface area contributed by atoms with Crippen molar-refractivity contribution in [3.8, 4) is 0 Å². The molecule has 0 saturated heterocycles. The van der Waals surface area contributed by atoms with Crippen molar-refractivity contribution in [2.24, 2.45) is 0 Å². The quantitative estimate of drug-likeness (QED) is 0.645. The van der Waals surface area contributed by atoms with E-state index in [0.717, 1.165) is 0 Å². The van der Waals surface area contributed by atoms with E-state index in [0.29, 0.717) is 5.92 Å². The molecule has 1 unspecified atom stereocenters. The monoisotopic (exact) mass is 239 g/mol. The van der Waals surface area contributed by atoms with Crippen LogP contribution in [-0.4, -0.2) is 21.5 Å². The minimum absolute atomic E-state index is 0.257. The minimum Gasteiger partial charge on any atom is -0.376 e. The van der Waals surface area contributed by atoms with Gasteiger partial charge in [0.2, 0.25) is 0 Å². The number of hydrogen-bond acceptors (Lipinski definition) is 2. The highest BCUT2D eigenvalue weighted by Gasteiger charge is 2.28. The lowest BCUT2D eigenvalue weighted by Gasteiger charge is -2.38. The van der Waals surface area contributed by atoms with E-state index in [2.05, 4.69) is 47.5 Å². The lowest BCUT2D eigenvalue weighted by molar-refractivity contribution is -0.0410. The van der Waals surface area contributed by atoms with Crippen molar-refractivity contribution in [1.29, 1.82) is 0 Å². The summed E-state index contributed by atoms with van der Waals surface area (Å²) in [6.45, 7) is 7.91. The second-order valence-electron chi connectivity index (χ2n) is 4.84. The van der Waals surface area contributed by atoms with Crippen LogP contribution in [0.5, 0.6) is 0 Å². The van der Waals surface area contributed by atoms with Crippen LogP contribution in [0.2, 0.25) is 0 Å². The first-order valence-corrected chi connectivity index (χ1v) is 6.17. The maximum Gasteiger partial charge on any atom is 0.115 e. The van der Waals surface area contributed by atoms with Gasteiger partial charge >= 0.3 is 0 Å². The van der Waals surface area contributed by atoms with Crippen LogP contribution in [0, 0.1) is 0 Å². The van der Waals surface area contributed by atoms with Crippen molar-refractivity contribution in [1.82, 2.24) is 4.67 Å². The normalized spacial score (nSPS) is 16.2. The molecule has 0 aliphatic heterocycles. The zero-order valence-electron chi connectivity index (χ0n) is 10.5. The third-order valence-electron chi connectivity index (χ3n) is 3.12. The lowest BCUT2D eigenvalue weighted by atomic mass is 9.94. The maximum atomic E-state index is 9.96. The Hall–Kier alpha value is -0.430. The molecule has 2 nitrogen and oxygen atoms in total. The van der Waals surface area contributed by atoms with Crippen LogP contribution in [0.3, 0.4) is 0 Å². The van der Waals surface area contributed by atoms with Gasteiger partial charge in [-0.3, -0.25) is 4.67 Å². The highest BCUT2D eigenvalue weighted by molar-refractivity contribution is 7.13. The number of benzene rings is 1. The molecule has 3 heteroatoms. The molecule has 90 valence electrons. The largest absolute Gasteiger partial charge is 0.376 e. The zero-order valence-corrected chi connectivity index (χ0v) is 11.7. The SMILES string of the molecule is C[C@H](c1ccccc1)[C@@H](C)N(P)C(C)(C)O. The molecular weight excluding hydrogens is 217 g/mol. The van der Waals surface area contributed by atoms with Gasteiger partial charge in [0, 0.05) is 6.04 Å². The highest BCUT2D eigenvalue weighted by Crippen LogP contribution is 2.29. The summed E-state index contributed by atoms with van der Waals surface area (Å²) < 4.78 is 1.92. The van der Waals surface area contributed by atoms with E-state index in [1.54, 1.807) is 13.8 Å². The van der Waals surface area contributed by atoms with Crippen LogP contribution >= 0.6 is 9.39 Å². The molecule has 3 atom stereocenters. The van der Waals surface area contributed by atoms with Gasteiger partial charge in [-0.2, -0.15) is 0 Å². The molecule has 1 aromatic rings. The predicted molar refractivity (Wildman–Crippen MR) is 72.2 cm³/mol. The Morgan fingerprint density at radius 2 is 1.69 bits per heavy atom. The fourth-order valence-electron chi connectivity index (χ4n) is 1.77. The van der Waals surface area contributed by atoms with Crippen molar-refractivity contribution in [3.05, 3.63) is 35.9 Å². The Kier molecular flexibility index (Phi) is 4.49. The first-order valence-electron chi connectivity index (χ1n) is 5.65.